The van der Waals surface area contributed by atoms with Crippen LogP contribution in [0.15, 0.2) is 96.1 Å². The van der Waals surface area contributed by atoms with Crippen molar-refractivity contribution in [2.75, 3.05) is 0 Å². The highest BCUT2D eigenvalue weighted by Crippen LogP contribution is 2.22. The number of amides is 1. The number of rotatable bonds is 6. The molecule has 0 bridgehead atoms. The number of benzene rings is 2. The van der Waals surface area contributed by atoms with Gasteiger partial charge in [0.15, 0.2) is 0 Å². The van der Waals surface area contributed by atoms with Crippen molar-refractivity contribution in [3.63, 3.8) is 0 Å². The van der Waals surface area contributed by atoms with Gasteiger partial charge in [-0.15, -0.1) is 0 Å². The summed E-state index contributed by atoms with van der Waals surface area (Å²) < 4.78 is 1.19. The molecule has 4 aromatic rings. The van der Waals surface area contributed by atoms with Gasteiger partial charge in [0, 0.05) is 36.1 Å². The molecule has 0 aliphatic heterocycles. The fourth-order valence-electron chi connectivity index (χ4n) is 3.19. The predicted octanol–water partition coefficient (Wildman–Crippen LogP) is 3.29. The highest BCUT2D eigenvalue weighted by Gasteiger charge is 2.10. The first-order valence-electron chi connectivity index (χ1n) is 9.59. The van der Waals surface area contributed by atoms with Crippen LogP contribution >= 0.6 is 0 Å². The van der Waals surface area contributed by atoms with Crippen LogP contribution in [-0.2, 0) is 17.9 Å². The Kier molecular flexibility index (Phi) is 5.75. The van der Waals surface area contributed by atoms with Gasteiger partial charge < -0.3 is 5.32 Å². The first-order chi connectivity index (χ1) is 14.7. The van der Waals surface area contributed by atoms with Gasteiger partial charge in [0.25, 0.3) is 5.56 Å². The van der Waals surface area contributed by atoms with E-state index in [0.717, 1.165) is 22.3 Å². The molecule has 0 atom stereocenters. The number of nitrogens with zero attached hydrogens (tertiary/aromatic N) is 3. The number of nitrogens with one attached hydrogen (secondary N) is 1. The SMILES string of the molecule is O=C(Cn1nc(-c2ccccc2)ccc1=O)NCc1ccccc1-c1cccnc1. The molecule has 0 aliphatic rings. The summed E-state index contributed by atoms with van der Waals surface area (Å²) in [5, 5.41) is 7.22. The molecule has 30 heavy (non-hydrogen) atoms. The Balaban J connectivity index is 1.47. The van der Waals surface area contributed by atoms with Gasteiger partial charge in [0.2, 0.25) is 5.91 Å². The molecule has 0 spiro atoms. The Morgan fingerprint density at radius 3 is 2.43 bits per heavy atom. The van der Waals surface area contributed by atoms with E-state index in [9.17, 15) is 9.59 Å². The molecule has 2 heterocycles. The molecule has 4 rings (SSSR count). The van der Waals surface area contributed by atoms with E-state index in [1.54, 1.807) is 18.5 Å². The van der Waals surface area contributed by atoms with Crippen molar-refractivity contribution in [3.8, 4) is 22.4 Å². The van der Waals surface area contributed by atoms with Crippen LogP contribution in [0, 0.1) is 0 Å². The molecule has 0 aliphatic carbocycles. The summed E-state index contributed by atoms with van der Waals surface area (Å²) in [4.78, 5) is 28.8. The summed E-state index contributed by atoms with van der Waals surface area (Å²) >= 11 is 0. The molecule has 2 aromatic carbocycles. The summed E-state index contributed by atoms with van der Waals surface area (Å²) in [7, 11) is 0. The second-order valence-electron chi connectivity index (χ2n) is 6.76. The van der Waals surface area contributed by atoms with Gasteiger partial charge in [0.1, 0.15) is 6.54 Å². The monoisotopic (exact) mass is 396 g/mol. The number of hydrogen-bond donors (Lipinski definition) is 1. The van der Waals surface area contributed by atoms with Crippen molar-refractivity contribution < 1.29 is 4.79 Å². The molecular weight excluding hydrogens is 376 g/mol. The van der Waals surface area contributed by atoms with E-state index in [-0.39, 0.29) is 18.0 Å². The van der Waals surface area contributed by atoms with E-state index in [4.69, 9.17) is 0 Å². The maximum absolute atomic E-state index is 12.5. The van der Waals surface area contributed by atoms with Crippen molar-refractivity contribution in [2.45, 2.75) is 13.1 Å². The largest absolute Gasteiger partial charge is 0.350 e. The predicted molar refractivity (Wildman–Crippen MR) is 115 cm³/mol. The van der Waals surface area contributed by atoms with Crippen molar-refractivity contribution in [1.82, 2.24) is 20.1 Å². The van der Waals surface area contributed by atoms with Crippen LogP contribution in [0.3, 0.4) is 0 Å². The Labute approximate surface area is 173 Å². The molecule has 0 saturated heterocycles. The number of carbonyl (C=O) groups excluding carboxylic acids is 1. The van der Waals surface area contributed by atoms with Crippen LogP contribution < -0.4 is 10.9 Å². The van der Waals surface area contributed by atoms with Crippen LogP contribution in [0.2, 0.25) is 0 Å². The summed E-state index contributed by atoms with van der Waals surface area (Å²) in [6.45, 7) is 0.200. The lowest BCUT2D eigenvalue weighted by Crippen LogP contribution is -2.33. The second-order valence-corrected chi connectivity index (χ2v) is 6.76. The Bertz CT molecular complexity index is 1200. The quantitative estimate of drug-likeness (QED) is 0.543. The molecule has 0 radical (unpaired) electrons. The maximum atomic E-state index is 12.5. The van der Waals surface area contributed by atoms with Crippen LogP contribution in [-0.4, -0.2) is 20.7 Å². The smallest absolute Gasteiger partial charge is 0.267 e. The normalized spacial score (nSPS) is 10.5. The van der Waals surface area contributed by atoms with Crippen molar-refractivity contribution in [3.05, 3.63) is 107 Å². The highest BCUT2D eigenvalue weighted by atomic mass is 16.2. The zero-order valence-electron chi connectivity index (χ0n) is 16.2. The van der Waals surface area contributed by atoms with Gasteiger partial charge in [-0.2, -0.15) is 5.10 Å². The van der Waals surface area contributed by atoms with Crippen LogP contribution in [0.4, 0.5) is 0 Å². The highest BCUT2D eigenvalue weighted by molar-refractivity contribution is 5.76. The Morgan fingerprint density at radius 1 is 0.867 bits per heavy atom. The Hall–Kier alpha value is -4.06. The Morgan fingerprint density at radius 2 is 1.63 bits per heavy atom. The van der Waals surface area contributed by atoms with Crippen LogP contribution in [0.1, 0.15) is 5.56 Å². The number of aromatic nitrogens is 3. The molecule has 0 saturated carbocycles. The van der Waals surface area contributed by atoms with Crippen molar-refractivity contribution >= 4 is 5.91 Å². The minimum atomic E-state index is -0.319. The number of hydrogen-bond acceptors (Lipinski definition) is 4. The van der Waals surface area contributed by atoms with E-state index >= 15 is 0 Å². The lowest BCUT2D eigenvalue weighted by molar-refractivity contribution is -0.122. The van der Waals surface area contributed by atoms with Gasteiger partial charge in [-0.1, -0.05) is 60.7 Å². The third kappa shape index (κ3) is 4.50. The minimum absolute atomic E-state index is 0.144. The van der Waals surface area contributed by atoms with E-state index < -0.39 is 0 Å². The van der Waals surface area contributed by atoms with Gasteiger partial charge in [-0.05, 0) is 23.3 Å². The standard InChI is InChI=1S/C24H20N4O2/c29-23(17-28-24(30)13-12-22(27-28)18-7-2-1-3-8-18)26-16-20-9-4-5-11-21(20)19-10-6-14-25-15-19/h1-15H,16-17H2,(H,26,29). The second kappa shape index (κ2) is 8.96. The van der Waals surface area contributed by atoms with Crippen molar-refractivity contribution in [1.29, 1.82) is 0 Å². The summed E-state index contributed by atoms with van der Waals surface area (Å²) in [6, 6.07) is 24.3. The topological polar surface area (TPSA) is 76.9 Å². The molecular formula is C24H20N4O2. The third-order valence-corrected chi connectivity index (χ3v) is 4.70. The summed E-state index contributed by atoms with van der Waals surface area (Å²) in [5.41, 5.74) is 4.17. The van der Waals surface area contributed by atoms with Gasteiger partial charge >= 0.3 is 0 Å². The number of pyridine rings is 1. The number of carbonyl (C=O) groups is 1. The third-order valence-electron chi connectivity index (χ3n) is 4.70. The first kappa shape index (κ1) is 19.3. The maximum Gasteiger partial charge on any atom is 0.267 e. The van der Waals surface area contributed by atoms with E-state index in [0.29, 0.717) is 12.2 Å². The molecule has 6 nitrogen and oxygen atoms in total. The molecule has 6 heteroatoms. The van der Waals surface area contributed by atoms with E-state index in [1.165, 1.54) is 10.7 Å². The van der Waals surface area contributed by atoms with Gasteiger partial charge in [0.05, 0.1) is 5.69 Å². The van der Waals surface area contributed by atoms with Gasteiger partial charge in [-0.25, -0.2) is 4.68 Å². The van der Waals surface area contributed by atoms with E-state index in [2.05, 4.69) is 15.4 Å². The van der Waals surface area contributed by atoms with Crippen molar-refractivity contribution in [2.24, 2.45) is 0 Å². The molecule has 148 valence electrons. The van der Waals surface area contributed by atoms with Gasteiger partial charge in [-0.3, -0.25) is 14.6 Å². The lowest BCUT2D eigenvalue weighted by Gasteiger charge is -2.11. The summed E-state index contributed by atoms with van der Waals surface area (Å²) in [6.07, 6.45) is 3.52. The average Bonchev–Trinajstić information content (AvgIpc) is 2.80. The lowest BCUT2D eigenvalue weighted by atomic mass is 10.0. The van der Waals surface area contributed by atoms with Crippen LogP contribution in [0.5, 0.6) is 0 Å². The average molecular weight is 396 g/mol. The zero-order valence-corrected chi connectivity index (χ0v) is 16.2. The minimum Gasteiger partial charge on any atom is -0.350 e. The fraction of sp³-hybridized carbons (Fsp3) is 0.0833. The zero-order chi connectivity index (χ0) is 20.8. The molecule has 0 fully saturated rings. The first-order valence-corrected chi connectivity index (χ1v) is 9.59. The van der Waals surface area contributed by atoms with E-state index in [1.807, 2.05) is 66.7 Å². The molecule has 2 aromatic heterocycles. The van der Waals surface area contributed by atoms with Crippen LogP contribution in [0.25, 0.3) is 22.4 Å². The fourth-order valence-corrected chi connectivity index (χ4v) is 3.19. The molecule has 1 amide bonds. The molecule has 0 unspecified atom stereocenters. The molecule has 1 N–H and O–H groups in total. The summed E-state index contributed by atoms with van der Waals surface area (Å²) in [5.74, 6) is -0.282.